The predicted octanol–water partition coefficient (Wildman–Crippen LogP) is 5.24. The molecule has 2 aromatic carbocycles. The zero-order valence-corrected chi connectivity index (χ0v) is 15.9. The maximum Gasteiger partial charge on any atom is 0.252 e. The van der Waals surface area contributed by atoms with Gasteiger partial charge in [0.05, 0.1) is 16.8 Å². The average molecular weight is 372 g/mol. The Bertz CT molecular complexity index is 1070. The fraction of sp³-hybridized carbons (Fsp3) is 0.130. The summed E-state index contributed by atoms with van der Waals surface area (Å²) in [5.74, 6) is -0.0552. The molecular formula is C23H20N2OS. The van der Waals surface area contributed by atoms with Gasteiger partial charge in [-0.05, 0) is 48.6 Å². The Labute approximate surface area is 162 Å². The Morgan fingerprint density at radius 2 is 1.93 bits per heavy atom. The van der Waals surface area contributed by atoms with Crippen molar-refractivity contribution in [1.82, 2.24) is 10.3 Å². The first-order chi connectivity index (χ1) is 13.2. The second-order valence-electron chi connectivity index (χ2n) is 6.58. The number of carbonyl (C=O) groups excluding carboxylic acids is 1. The Morgan fingerprint density at radius 3 is 2.70 bits per heavy atom. The van der Waals surface area contributed by atoms with E-state index >= 15 is 0 Å². The van der Waals surface area contributed by atoms with Crippen molar-refractivity contribution in [1.29, 1.82) is 0 Å². The van der Waals surface area contributed by atoms with Crippen LogP contribution in [0.5, 0.6) is 0 Å². The lowest BCUT2D eigenvalue weighted by Crippen LogP contribution is -2.26. The largest absolute Gasteiger partial charge is 0.352 e. The van der Waals surface area contributed by atoms with Crippen molar-refractivity contribution < 1.29 is 4.79 Å². The van der Waals surface area contributed by atoms with Crippen LogP contribution in [0, 0.1) is 6.92 Å². The molecule has 0 radical (unpaired) electrons. The van der Waals surface area contributed by atoms with Crippen molar-refractivity contribution in [3.8, 4) is 11.3 Å². The molecule has 1 amide bonds. The number of fused-ring (bicyclic) bond motifs is 1. The lowest BCUT2D eigenvalue weighted by molar-refractivity contribution is 0.0956. The normalized spacial score (nSPS) is 10.9. The molecule has 27 heavy (non-hydrogen) atoms. The number of nitrogens with one attached hydrogen (secondary N) is 1. The van der Waals surface area contributed by atoms with E-state index in [9.17, 15) is 4.79 Å². The maximum absolute atomic E-state index is 12.9. The highest BCUT2D eigenvalue weighted by Gasteiger charge is 2.14. The van der Waals surface area contributed by atoms with Crippen molar-refractivity contribution in [2.75, 3.05) is 6.54 Å². The van der Waals surface area contributed by atoms with Crippen LogP contribution in [0.15, 0.2) is 71.4 Å². The van der Waals surface area contributed by atoms with E-state index in [0.29, 0.717) is 12.1 Å². The zero-order chi connectivity index (χ0) is 18.6. The molecule has 0 saturated heterocycles. The number of aryl methyl sites for hydroxylation is 1. The number of benzene rings is 2. The summed E-state index contributed by atoms with van der Waals surface area (Å²) in [6.07, 6.45) is 0.812. The summed E-state index contributed by atoms with van der Waals surface area (Å²) < 4.78 is 0. The van der Waals surface area contributed by atoms with Crippen LogP contribution in [0.1, 0.15) is 21.5 Å². The number of hydrogen-bond acceptors (Lipinski definition) is 3. The van der Waals surface area contributed by atoms with Crippen LogP contribution >= 0.6 is 11.3 Å². The molecule has 0 atom stereocenters. The van der Waals surface area contributed by atoms with Gasteiger partial charge in [-0.25, -0.2) is 4.98 Å². The van der Waals surface area contributed by atoms with Gasteiger partial charge >= 0.3 is 0 Å². The van der Waals surface area contributed by atoms with Crippen LogP contribution in [0.4, 0.5) is 0 Å². The van der Waals surface area contributed by atoms with Crippen LogP contribution < -0.4 is 5.32 Å². The molecule has 0 aliphatic rings. The number of pyridine rings is 1. The van der Waals surface area contributed by atoms with E-state index in [2.05, 4.69) is 22.8 Å². The second-order valence-corrected chi connectivity index (χ2v) is 7.36. The maximum atomic E-state index is 12.9. The highest BCUT2D eigenvalue weighted by Crippen LogP contribution is 2.27. The zero-order valence-electron chi connectivity index (χ0n) is 15.1. The summed E-state index contributed by atoms with van der Waals surface area (Å²) in [5.41, 5.74) is 5.73. The SMILES string of the molecule is Cc1ccc2nc(-c3ccsc3)cc(C(=O)NCCc3ccccc3)c2c1. The van der Waals surface area contributed by atoms with Crippen LogP contribution in [0.3, 0.4) is 0 Å². The van der Waals surface area contributed by atoms with Crippen LogP contribution in [-0.4, -0.2) is 17.4 Å². The number of amides is 1. The summed E-state index contributed by atoms with van der Waals surface area (Å²) in [5, 5.41) is 8.04. The minimum atomic E-state index is -0.0552. The van der Waals surface area contributed by atoms with Gasteiger partial charge in [-0.2, -0.15) is 11.3 Å². The molecule has 3 nitrogen and oxygen atoms in total. The summed E-state index contributed by atoms with van der Waals surface area (Å²) in [7, 11) is 0. The molecule has 1 N–H and O–H groups in total. The van der Waals surface area contributed by atoms with Gasteiger partial charge in [-0.3, -0.25) is 4.79 Å². The van der Waals surface area contributed by atoms with E-state index in [1.54, 1.807) is 11.3 Å². The molecule has 0 bridgehead atoms. The molecule has 2 heterocycles. The molecule has 134 valence electrons. The molecule has 4 aromatic rings. The highest BCUT2D eigenvalue weighted by molar-refractivity contribution is 7.08. The van der Waals surface area contributed by atoms with Crippen molar-refractivity contribution in [3.63, 3.8) is 0 Å². The topological polar surface area (TPSA) is 42.0 Å². The third-order valence-electron chi connectivity index (χ3n) is 4.57. The molecule has 0 spiro atoms. The average Bonchev–Trinajstić information content (AvgIpc) is 3.23. The molecule has 4 rings (SSSR count). The summed E-state index contributed by atoms with van der Waals surface area (Å²) in [6.45, 7) is 2.63. The predicted molar refractivity (Wildman–Crippen MR) is 112 cm³/mol. The molecule has 0 saturated carbocycles. The standard InChI is InChI=1S/C23H20N2OS/c1-16-7-8-21-19(13-16)20(14-22(25-21)18-10-12-27-15-18)23(26)24-11-9-17-5-3-2-4-6-17/h2-8,10,12-15H,9,11H2,1H3,(H,24,26). The Balaban J connectivity index is 1.64. The molecule has 0 aliphatic carbocycles. The van der Waals surface area contributed by atoms with E-state index in [1.807, 2.05) is 60.8 Å². The first-order valence-electron chi connectivity index (χ1n) is 8.97. The van der Waals surface area contributed by atoms with E-state index in [1.165, 1.54) is 5.56 Å². The quantitative estimate of drug-likeness (QED) is 0.520. The van der Waals surface area contributed by atoms with Gasteiger partial charge in [0.2, 0.25) is 0 Å². The number of rotatable bonds is 5. The van der Waals surface area contributed by atoms with Gasteiger partial charge in [0, 0.05) is 22.9 Å². The fourth-order valence-electron chi connectivity index (χ4n) is 3.15. The number of hydrogen-bond donors (Lipinski definition) is 1. The fourth-order valence-corrected chi connectivity index (χ4v) is 3.80. The number of carbonyl (C=O) groups is 1. The molecule has 0 fully saturated rings. The van der Waals surface area contributed by atoms with E-state index < -0.39 is 0 Å². The summed E-state index contributed by atoms with van der Waals surface area (Å²) >= 11 is 1.63. The van der Waals surface area contributed by atoms with E-state index in [-0.39, 0.29) is 5.91 Å². The number of aromatic nitrogens is 1. The second kappa shape index (κ2) is 7.72. The lowest BCUT2D eigenvalue weighted by atomic mass is 10.0. The molecular weight excluding hydrogens is 352 g/mol. The smallest absolute Gasteiger partial charge is 0.252 e. The third kappa shape index (κ3) is 3.91. The Hall–Kier alpha value is -2.98. The Morgan fingerprint density at radius 1 is 1.07 bits per heavy atom. The van der Waals surface area contributed by atoms with Gasteiger partial charge in [-0.1, -0.05) is 42.0 Å². The monoisotopic (exact) mass is 372 g/mol. The van der Waals surface area contributed by atoms with Gasteiger partial charge in [0.25, 0.3) is 5.91 Å². The lowest BCUT2D eigenvalue weighted by Gasteiger charge is -2.11. The van der Waals surface area contributed by atoms with Gasteiger partial charge in [-0.15, -0.1) is 0 Å². The number of thiophene rings is 1. The Kier molecular flexibility index (Phi) is 4.99. The van der Waals surface area contributed by atoms with E-state index in [4.69, 9.17) is 4.98 Å². The van der Waals surface area contributed by atoms with Gasteiger partial charge < -0.3 is 5.32 Å². The first kappa shape index (κ1) is 17.4. The van der Waals surface area contributed by atoms with Crippen LogP contribution in [0.2, 0.25) is 0 Å². The molecule has 4 heteroatoms. The molecule has 0 unspecified atom stereocenters. The third-order valence-corrected chi connectivity index (χ3v) is 5.25. The summed E-state index contributed by atoms with van der Waals surface area (Å²) in [4.78, 5) is 17.7. The van der Waals surface area contributed by atoms with Crippen molar-refractivity contribution >= 4 is 28.1 Å². The van der Waals surface area contributed by atoms with Gasteiger partial charge in [0.15, 0.2) is 0 Å². The minimum absolute atomic E-state index is 0.0552. The van der Waals surface area contributed by atoms with E-state index in [0.717, 1.165) is 34.1 Å². The van der Waals surface area contributed by atoms with Crippen molar-refractivity contribution in [3.05, 3.63) is 88.1 Å². The van der Waals surface area contributed by atoms with Gasteiger partial charge in [0.1, 0.15) is 0 Å². The first-order valence-corrected chi connectivity index (χ1v) is 9.91. The van der Waals surface area contributed by atoms with Crippen molar-refractivity contribution in [2.24, 2.45) is 0 Å². The number of nitrogens with zero attached hydrogens (tertiary/aromatic N) is 1. The highest BCUT2D eigenvalue weighted by atomic mass is 32.1. The van der Waals surface area contributed by atoms with Crippen LogP contribution in [-0.2, 0) is 6.42 Å². The molecule has 2 aromatic heterocycles. The summed E-state index contributed by atoms with van der Waals surface area (Å²) in [6, 6.07) is 20.2. The molecule has 0 aliphatic heterocycles. The van der Waals surface area contributed by atoms with Crippen molar-refractivity contribution in [2.45, 2.75) is 13.3 Å². The minimum Gasteiger partial charge on any atom is -0.352 e. The van der Waals surface area contributed by atoms with Crippen LogP contribution in [0.25, 0.3) is 22.2 Å².